The summed E-state index contributed by atoms with van der Waals surface area (Å²) in [6.45, 7) is 8.20. The van der Waals surface area contributed by atoms with Crippen LogP contribution in [0, 0.1) is 19.7 Å². The van der Waals surface area contributed by atoms with Crippen LogP contribution >= 0.6 is 0 Å². The van der Waals surface area contributed by atoms with Gasteiger partial charge in [-0.2, -0.15) is 0 Å². The Morgan fingerprint density at radius 1 is 0.978 bits per heavy atom. The number of nitrogens with one attached hydrogen (secondary N) is 3. The van der Waals surface area contributed by atoms with Crippen molar-refractivity contribution in [2.45, 2.75) is 26.8 Å². The average molecular weight is 607 g/mol. The number of aromatic nitrogens is 2. The largest absolute Gasteiger partial charge is 0.378 e. The van der Waals surface area contributed by atoms with Gasteiger partial charge in [0.25, 0.3) is 11.8 Å². The van der Waals surface area contributed by atoms with Gasteiger partial charge in [-0.05, 0) is 67.8 Å². The number of nitrogens with zero attached hydrogens (tertiary/aromatic N) is 3. The quantitative estimate of drug-likeness (QED) is 0.189. The molecule has 3 aromatic carbocycles. The third-order valence-electron chi connectivity index (χ3n) is 8.10. The maximum absolute atomic E-state index is 14.5. The summed E-state index contributed by atoms with van der Waals surface area (Å²) in [6, 6.07) is 19.5. The van der Waals surface area contributed by atoms with E-state index < -0.39 is 11.7 Å². The number of amides is 2. The molecule has 1 atom stereocenters. The number of hydrogen-bond donors (Lipinski definition) is 3. The molecule has 0 bridgehead atoms. The van der Waals surface area contributed by atoms with Gasteiger partial charge in [0.2, 0.25) is 0 Å². The van der Waals surface area contributed by atoms with Crippen molar-refractivity contribution < 1.29 is 18.7 Å². The second-order valence-corrected chi connectivity index (χ2v) is 11.2. The summed E-state index contributed by atoms with van der Waals surface area (Å²) in [7, 11) is 0. The lowest BCUT2D eigenvalue weighted by Gasteiger charge is -2.29. The first kappa shape index (κ1) is 29.8. The van der Waals surface area contributed by atoms with Crippen LogP contribution < -0.4 is 20.9 Å². The minimum Gasteiger partial charge on any atom is -0.378 e. The minimum absolute atomic E-state index is 0.157. The number of halogens is 1. The van der Waals surface area contributed by atoms with Gasteiger partial charge in [0, 0.05) is 54.3 Å². The smallest absolute Gasteiger partial charge is 0.255 e. The van der Waals surface area contributed by atoms with Crippen LogP contribution in [0.4, 0.5) is 27.3 Å². The number of fused-ring (bicyclic) bond motifs is 1. The fourth-order valence-corrected chi connectivity index (χ4v) is 5.57. The summed E-state index contributed by atoms with van der Waals surface area (Å²) >= 11 is 0. The van der Waals surface area contributed by atoms with E-state index in [1.807, 2.05) is 72.5 Å². The van der Waals surface area contributed by atoms with Crippen LogP contribution in [0.5, 0.6) is 0 Å². The van der Waals surface area contributed by atoms with Crippen molar-refractivity contribution in [2.24, 2.45) is 0 Å². The van der Waals surface area contributed by atoms with Crippen LogP contribution in [0.2, 0.25) is 0 Å². The second kappa shape index (κ2) is 12.8. The molecule has 0 unspecified atom stereocenters. The Bertz CT molecular complexity index is 1870. The monoisotopic (exact) mass is 606 g/mol. The number of benzene rings is 3. The van der Waals surface area contributed by atoms with Crippen molar-refractivity contribution in [3.8, 4) is 0 Å². The zero-order valence-electron chi connectivity index (χ0n) is 25.4. The number of carbonyl (C=O) groups excluding carboxylic acids is 2. The van der Waals surface area contributed by atoms with E-state index in [9.17, 15) is 14.0 Å². The Balaban J connectivity index is 1.22. The molecule has 3 heterocycles. The maximum Gasteiger partial charge on any atom is 0.255 e. The lowest BCUT2D eigenvalue weighted by Crippen LogP contribution is -2.36. The first-order valence-electron chi connectivity index (χ1n) is 14.9. The topological polar surface area (TPSA) is 100 Å². The van der Waals surface area contributed by atoms with Gasteiger partial charge in [0.05, 0.1) is 30.3 Å². The van der Waals surface area contributed by atoms with Gasteiger partial charge in [-0.15, -0.1) is 0 Å². The van der Waals surface area contributed by atoms with E-state index in [-0.39, 0.29) is 17.5 Å². The van der Waals surface area contributed by atoms with E-state index >= 15 is 0 Å². The second-order valence-electron chi connectivity index (χ2n) is 11.2. The fourth-order valence-electron chi connectivity index (χ4n) is 5.57. The van der Waals surface area contributed by atoms with Gasteiger partial charge in [0.15, 0.2) is 5.82 Å². The number of aryl methyl sites for hydroxylation is 2. The molecule has 1 aliphatic rings. The van der Waals surface area contributed by atoms with E-state index in [1.54, 1.807) is 30.7 Å². The summed E-state index contributed by atoms with van der Waals surface area (Å²) in [5.74, 6) is -0.493. The molecule has 3 N–H and O–H groups in total. The molecular formula is C35H35FN6O3. The van der Waals surface area contributed by atoms with E-state index in [2.05, 4.69) is 20.9 Å². The third-order valence-corrected chi connectivity index (χ3v) is 8.10. The van der Waals surface area contributed by atoms with E-state index in [4.69, 9.17) is 4.74 Å². The van der Waals surface area contributed by atoms with E-state index in [1.165, 1.54) is 12.1 Å². The molecule has 5 aromatic rings. The van der Waals surface area contributed by atoms with Crippen molar-refractivity contribution in [2.75, 3.05) is 41.8 Å². The van der Waals surface area contributed by atoms with Crippen LogP contribution in [0.15, 0.2) is 85.3 Å². The minimum atomic E-state index is -0.472. The first-order chi connectivity index (χ1) is 21.8. The van der Waals surface area contributed by atoms with Crippen LogP contribution in [0.1, 0.15) is 50.4 Å². The van der Waals surface area contributed by atoms with Crippen molar-refractivity contribution in [3.05, 3.63) is 119 Å². The summed E-state index contributed by atoms with van der Waals surface area (Å²) in [5, 5.41) is 9.39. The normalized spacial score (nSPS) is 13.8. The molecule has 2 amide bonds. The highest BCUT2D eigenvalue weighted by Gasteiger charge is 2.20. The van der Waals surface area contributed by atoms with Crippen LogP contribution in [-0.4, -0.2) is 47.5 Å². The first-order valence-corrected chi connectivity index (χ1v) is 14.9. The van der Waals surface area contributed by atoms with Gasteiger partial charge >= 0.3 is 0 Å². The highest BCUT2D eigenvalue weighted by Crippen LogP contribution is 2.30. The number of ether oxygens (including phenoxy) is 1. The molecule has 1 aliphatic heterocycles. The predicted molar refractivity (Wildman–Crippen MR) is 174 cm³/mol. The molecule has 45 heavy (non-hydrogen) atoms. The molecule has 2 aromatic heterocycles. The molecule has 1 saturated heterocycles. The number of morpholine rings is 1. The molecule has 1 fully saturated rings. The van der Waals surface area contributed by atoms with Crippen molar-refractivity contribution in [3.63, 3.8) is 0 Å². The molecule has 9 nitrogen and oxygen atoms in total. The van der Waals surface area contributed by atoms with E-state index in [0.29, 0.717) is 49.1 Å². The predicted octanol–water partition coefficient (Wildman–Crippen LogP) is 6.41. The Kier molecular flexibility index (Phi) is 8.48. The number of rotatable bonds is 8. The van der Waals surface area contributed by atoms with Crippen molar-refractivity contribution in [1.82, 2.24) is 14.7 Å². The summed E-state index contributed by atoms with van der Waals surface area (Å²) in [6.07, 6.45) is 5.27. The molecular weight excluding hydrogens is 571 g/mol. The van der Waals surface area contributed by atoms with Crippen molar-refractivity contribution >= 4 is 40.2 Å². The average Bonchev–Trinajstić information content (AvgIpc) is 3.40. The molecule has 0 radical (unpaired) electrons. The SMILES string of the molecule is Cc1ccc(NC(=O)c2cc(F)cc(N3CCOCC3)c2)cc1Nc1nccn2cc(C(=O)N[C@@H](C)c3ccccc3)c(C)c12. The van der Waals surface area contributed by atoms with Gasteiger partial charge in [-0.1, -0.05) is 36.4 Å². The lowest BCUT2D eigenvalue weighted by molar-refractivity contribution is 0.0938. The number of anilines is 4. The zero-order chi connectivity index (χ0) is 31.5. The number of hydrogen-bond acceptors (Lipinski definition) is 6. The van der Waals surface area contributed by atoms with Crippen molar-refractivity contribution in [1.29, 1.82) is 0 Å². The molecule has 0 saturated carbocycles. The van der Waals surface area contributed by atoms with E-state index in [0.717, 1.165) is 27.9 Å². The molecule has 230 valence electrons. The molecule has 0 spiro atoms. The zero-order valence-corrected chi connectivity index (χ0v) is 25.4. The Morgan fingerprint density at radius 3 is 2.53 bits per heavy atom. The van der Waals surface area contributed by atoms with Crippen LogP contribution in [0.3, 0.4) is 0 Å². The Morgan fingerprint density at radius 2 is 1.76 bits per heavy atom. The molecule has 6 rings (SSSR count). The summed E-state index contributed by atoms with van der Waals surface area (Å²) < 4.78 is 21.8. The van der Waals surface area contributed by atoms with Crippen LogP contribution in [0.25, 0.3) is 5.52 Å². The summed E-state index contributed by atoms with van der Waals surface area (Å²) in [5.41, 5.74) is 6.20. The Hall–Kier alpha value is -5.22. The number of carbonyl (C=O) groups is 2. The highest BCUT2D eigenvalue weighted by molar-refractivity contribution is 6.05. The third kappa shape index (κ3) is 6.51. The molecule has 0 aliphatic carbocycles. The van der Waals surface area contributed by atoms with Gasteiger partial charge in [-0.3, -0.25) is 9.59 Å². The fraction of sp³-hybridized carbons (Fsp3) is 0.229. The van der Waals surface area contributed by atoms with Gasteiger partial charge < -0.3 is 30.0 Å². The van der Waals surface area contributed by atoms with Gasteiger partial charge in [-0.25, -0.2) is 9.37 Å². The van der Waals surface area contributed by atoms with Gasteiger partial charge in [0.1, 0.15) is 5.82 Å². The Labute approximate surface area is 261 Å². The summed E-state index contributed by atoms with van der Waals surface area (Å²) in [4.78, 5) is 33.1. The highest BCUT2D eigenvalue weighted by atomic mass is 19.1. The van der Waals surface area contributed by atoms with Crippen LogP contribution in [-0.2, 0) is 4.74 Å². The lowest BCUT2D eigenvalue weighted by atomic mass is 10.1. The standard InChI is InChI=1S/C35H35FN6O3/c1-22-9-10-28(39-34(43)26-17-27(36)19-29(18-26)41-13-15-45-16-14-41)20-31(22)40-33-32-23(2)30(21-42(32)12-11-37-33)35(44)38-24(3)25-7-5-4-6-8-25/h4-12,17-21,24H,13-16H2,1-3H3,(H,37,40)(H,38,44)(H,39,43)/t24-/m0/s1. The molecule has 10 heteroatoms. The maximum atomic E-state index is 14.5.